The van der Waals surface area contributed by atoms with E-state index in [1.54, 1.807) is 28.6 Å². The second-order valence-electron chi connectivity index (χ2n) is 5.32. The van der Waals surface area contributed by atoms with Crippen molar-refractivity contribution in [2.24, 2.45) is 0 Å². The lowest BCUT2D eigenvalue weighted by atomic mass is 10.0. The topological polar surface area (TPSA) is 63.4 Å². The molecule has 21 heavy (non-hydrogen) atoms. The van der Waals surface area contributed by atoms with Crippen LogP contribution in [0.5, 0.6) is 0 Å². The van der Waals surface area contributed by atoms with E-state index in [-0.39, 0.29) is 6.04 Å². The Bertz CT molecular complexity index is 718. The van der Waals surface area contributed by atoms with Crippen molar-refractivity contribution in [3.05, 3.63) is 47.3 Å². The number of aromatic nitrogens is 1. The molecule has 0 unspecified atom stereocenters. The van der Waals surface area contributed by atoms with E-state index >= 15 is 0 Å². The van der Waals surface area contributed by atoms with Gasteiger partial charge in [-0.3, -0.25) is 0 Å². The minimum absolute atomic E-state index is 0.179. The average Bonchev–Trinajstić information content (AvgIpc) is 3.07. The average molecular weight is 306 g/mol. The maximum atomic E-state index is 12.8. The van der Waals surface area contributed by atoms with E-state index in [9.17, 15) is 8.42 Å². The van der Waals surface area contributed by atoms with Crippen LogP contribution in [0.2, 0.25) is 0 Å². The normalized spacial score (nSPS) is 20.0. The van der Waals surface area contributed by atoms with Gasteiger partial charge < -0.3 is 4.52 Å². The molecule has 6 heteroatoms. The Morgan fingerprint density at radius 1 is 1.24 bits per heavy atom. The van der Waals surface area contributed by atoms with Gasteiger partial charge >= 0.3 is 0 Å². The highest BCUT2D eigenvalue weighted by Gasteiger charge is 2.38. The zero-order valence-electron chi connectivity index (χ0n) is 12.1. The van der Waals surface area contributed by atoms with Crippen LogP contribution < -0.4 is 0 Å². The molecule has 1 aliphatic rings. The molecular weight excluding hydrogens is 288 g/mol. The molecule has 0 radical (unpaired) electrons. The van der Waals surface area contributed by atoms with Crippen molar-refractivity contribution in [2.75, 3.05) is 6.54 Å². The largest absolute Gasteiger partial charge is 0.361 e. The maximum Gasteiger partial charge on any atom is 0.243 e. The Balaban J connectivity index is 2.02. The second kappa shape index (κ2) is 5.27. The molecule has 1 aromatic heterocycles. The van der Waals surface area contributed by atoms with Gasteiger partial charge in [-0.25, -0.2) is 8.42 Å². The summed E-state index contributed by atoms with van der Waals surface area (Å²) in [4.78, 5) is 0.337. The molecule has 1 fully saturated rings. The fourth-order valence-corrected chi connectivity index (χ4v) is 4.70. The molecule has 1 atom stereocenters. The van der Waals surface area contributed by atoms with Gasteiger partial charge in [0.05, 0.1) is 16.6 Å². The molecule has 0 aliphatic carbocycles. The lowest BCUT2D eigenvalue weighted by Gasteiger charge is -2.24. The lowest BCUT2D eigenvalue weighted by molar-refractivity contribution is 0.376. The van der Waals surface area contributed by atoms with Crippen LogP contribution in [0.1, 0.15) is 35.9 Å². The molecular formula is C15H18N2O3S. The standard InChI is InChI=1S/C15H18N2O3S/c1-11-15(12(2)20-16-11)14-9-6-10-17(14)21(18,19)13-7-4-3-5-8-13/h3-5,7-8,14H,6,9-10H2,1-2H3/t14-/m1/s1. The molecule has 5 nitrogen and oxygen atoms in total. The zero-order valence-corrected chi connectivity index (χ0v) is 12.9. The summed E-state index contributed by atoms with van der Waals surface area (Å²) < 4.78 is 32.5. The highest BCUT2D eigenvalue weighted by molar-refractivity contribution is 7.89. The van der Waals surface area contributed by atoms with Crippen molar-refractivity contribution >= 4 is 10.0 Å². The number of hydrogen-bond acceptors (Lipinski definition) is 4. The van der Waals surface area contributed by atoms with Crippen LogP contribution in [0.3, 0.4) is 0 Å². The van der Waals surface area contributed by atoms with Gasteiger partial charge in [-0.2, -0.15) is 4.31 Å². The number of hydrogen-bond donors (Lipinski definition) is 0. The third kappa shape index (κ3) is 2.38. The van der Waals surface area contributed by atoms with Crippen LogP contribution in [-0.4, -0.2) is 24.4 Å². The molecule has 1 saturated heterocycles. The summed E-state index contributed by atoms with van der Waals surface area (Å²) in [6, 6.07) is 8.40. The maximum absolute atomic E-state index is 12.8. The van der Waals surface area contributed by atoms with Crippen molar-refractivity contribution in [2.45, 2.75) is 37.6 Å². The van der Waals surface area contributed by atoms with E-state index in [0.717, 1.165) is 24.1 Å². The number of benzene rings is 1. The summed E-state index contributed by atoms with van der Waals surface area (Å²) >= 11 is 0. The third-order valence-corrected chi connectivity index (χ3v) is 5.90. The van der Waals surface area contributed by atoms with Crippen LogP contribution in [0.15, 0.2) is 39.8 Å². The first-order chi connectivity index (χ1) is 10.0. The monoisotopic (exact) mass is 306 g/mol. The Kier molecular flexibility index (Phi) is 3.59. The molecule has 2 heterocycles. The summed E-state index contributed by atoms with van der Waals surface area (Å²) in [5.74, 6) is 0.702. The fourth-order valence-electron chi connectivity index (χ4n) is 3.01. The van der Waals surface area contributed by atoms with Gasteiger partial charge in [0, 0.05) is 12.1 Å². The van der Waals surface area contributed by atoms with Gasteiger partial charge in [-0.15, -0.1) is 0 Å². The molecule has 1 aromatic carbocycles. The third-order valence-electron chi connectivity index (χ3n) is 3.98. The Morgan fingerprint density at radius 2 is 1.95 bits per heavy atom. The zero-order chi connectivity index (χ0) is 15.0. The first-order valence-corrected chi connectivity index (χ1v) is 8.45. The van der Waals surface area contributed by atoms with Crippen molar-refractivity contribution in [1.29, 1.82) is 0 Å². The van der Waals surface area contributed by atoms with E-state index in [2.05, 4.69) is 5.16 Å². The fraction of sp³-hybridized carbons (Fsp3) is 0.400. The van der Waals surface area contributed by atoms with Crippen molar-refractivity contribution in [3.8, 4) is 0 Å². The minimum Gasteiger partial charge on any atom is -0.361 e. The van der Waals surface area contributed by atoms with Gasteiger partial charge in [-0.1, -0.05) is 23.4 Å². The van der Waals surface area contributed by atoms with Crippen LogP contribution in [-0.2, 0) is 10.0 Å². The Hall–Kier alpha value is -1.66. The van der Waals surface area contributed by atoms with Crippen molar-refractivity contribution < 1.29 is 12.9 Å². The summed E-state index contributed by atoms with van der Waals surface area (Å²) in [6.07, 6.45) is 1.65. The number of nitrogens with zero attached hydrogens (tertiary/aromatic N) is 2. The molecule has 3 rings (SSSR count). The van der Waals surface area contributed by atoms with E-state index < -0.39 is 10.0 Å². The molecule has 0 spiro atoms. The first-order valence-electron chi connectivity index (χ1n) is 7.01. The quantitative estimate of drug-likeness (QED) is 0.874. The second-order valence-corrected chi connectivity index (χ2v) is 7.22. The molecule has 0 amide bonds. The van der Waals surface area contributed by atoms with Gasteiger partial charge in [0.25, 0.3) is 0 Å². The molecule has 2 aromatic rings. The molecule has 0 bridgehead atoms. The number of sulfonamides is 1. The van der Waals surface area contributed by atoms with Gasteiger partial charge in [0.1, 0.15) is 5.76 Å². The minimum atomic E-state index is -3.48. The SMILES string of the molecule is Cc1noc(C)c1[C@H]1CCCN1S(=O)(=O)c1ccccc1. The van der Waals surface area contributed by atoms with E-state index in [1.807, 2.05) is 19.9 Å². The van der Waals surface area contributed by atoms with Crippen molar-refractivity contribution in [3.63, 3.8) is 0 Å². The van der Waals surface area contributed by atoms with Crippen LogP contribution >= 0.6 is 0 Å². The summed E-state index contributed by atoms with van der Waals surface area (Å²) in [7, 11) is -3.48. The van der Waals surface area contributed by atoms with Gasteiger partial charge in [-0.05, 0) is 38.8 Å². The highest BCUT2D eigenvalue weighted by Crippen LogP contribution is 2.39. The van der Waals surface area contributed by atoms with E-state index in [0.29, 0.717) is 17.2 Å². The van der Waals surface area contributed by atoms with Crippen LogP contribution in [0.4, 0.5) is 0 Å². The van der Waals surface area contributed by atoms with Gasteiger partial charge in [0.15, 0.2) is 0 Å². The number of aryl methyl sites for hydroxylation is 2. The van der Waals surface area contributed by atoms with Gasteiger partial charge in [0.2, 0.25) is 10.0 Å². The highest BCUT2D eigenvalue weighted by atomic mass is 32.2. The smallest absolute Gasteiger partial charge is 0.243 e. The first kappa shape index (κ1) is 14.3. The molecule has 0 saturated carbocycles. The lowest BCUT2D eigenvalue weighted by Crippen LogP contribution is -2.31. The Morgan fingerprint density at radius 3 is 2.57 bits per heavy atom. The summed E-state index contributed by atoms with van der Waals surface area (Å²) in [6.45, 7) is 4.23. The Labute approximate surface area is 124 Å². The number of rotatable bonds is 3. The molecule has 0 N–H and O–H groups in total. The van der Waals surface area contributed by atoms with E-state index in [4.69, 9.17) is 4.52 Å². The molecule has 1 aliphatic heterocycles. The summed E-state index contributed by atoms with van der Waals surface area (Å²) in [5, 5.41) is 3.95. The predicted octanol–water partition coefficient (Wildman–Crippen LogP) is 2.82. The molecule has 112 valence electrons. The predicted molar refractivity (Wildman–Crippen MR) is 78.3 cm³/mol. The van der Waals surface area contributed by atoms with Crippen molar-refractivity contribution in [1.82, 2.24) is 9.46 Å². The van der Waals surface area contributed by atoms with Crippen LogP contribution in [0, 0.1) is 13.8 Å². The van der Waals surface area contributed by atoms with Crippen LogP contribution in [0.25, 0.3) is 0 Å². The van der Waals surface area contributed by atoms with E-state index in [1.165, 1.54) is 0 Å². The summed E-state index contributed by atoms with van der Waals surface area (Å²) in [5.41, 5.74) is 1.68.